The minimum Gasteiger partial charge on any atom is -0.366 e. The SMILES string of the molecule is CC(C)C[C@@H](C(=O)Nc1ccc(C(N)=O)cc1)N1C(=O)c2ccccc2C1=O. The fourth-order valence-corrected chi connectivity index (χ4v) is 3.21. The first-order valence-corrected chi connectivity index (χ1v) is 8.97. The van der Waals surface area contributed by atoms with E-state index in [0.717, 1.165) is 4.90 Å². The number of fused-ring (bicyclic) bond motifs is 1. The van der Waals surface area contributed by atoms with Gasteiger partial charge >= 0.3 is 0 Å². The molecule has 1 aliphatic rings. The van der Waals surface area contributed by atoms with Gasteiger partial charge in [-0.1, -0.05) is 26.0 Å². The minimum absolute atomic E-state index is 0.0808. The van der Waals surface area contributed by atoms with Gasteiger partial charge in [0.2, 0.25) is 11.8 Å². The number of carbonyl (C=O) groups is 4. The second-order valence-corrected chi connectivity index (χ2v) is 7.10. The Morgan fingerprint density at radius 2 is 1.50 bits per heavy atom. The van der Waals surface area contributed by atoms with Crippen molar-refractivity contribution < 1.29 is 19.2 Å². The molecule has 0 unspecified atom stereocenters. The molecule has 0 radical (unpaired) electrons. The fourth-order valence-electron chi connectivity index (χ4n) is 3.21. The van der Waals surface area contributed by atoms with E-state index < -0.39 is 29.7 Å². The molecule has 0 saturated carbocycles. The van der Waals surface area contributed by atoms with Gasteiger partial charge in [-0.15, -0.1) is 0 Å². The van der Waals surface area contributed by atoms with E-state index in [0.29, 0.717) is 28.8 Å². The van der Waals surface area contributed by atoms with Crippen molar-refractivity contribution in [1.29, 1.82) is 0 Å². The van der Waals surface area contributed by atoms with Crippen LogP contribution in [-0.2, 0) is 4.79 Å². The van der Waals surface area contributed by atoms with E-state index in [1.54, 1.807) is 36.4 Å². The molecule has 3 N–H and O–H groups in total. The number of carbonyl (C=O) groups excluding carboxylic acids is 4. The first-order valence-electron chi connectivity index (χ1n) is 8.97. The monoisotopic (exact) mass is 379 g/mol. The van der Waals surface area contributed by atoms with Crippen molar-refractivity contribution in [3.8, 4) is 0 Å². The number of hydrogen-bond donors (Lipinski definition) is 2. The highest BCUT2D eigenvalue weighted by atomic mass is 16.2. The Balaban J connectivity index is 1.86. The lowest BCUT2D eigenvalue weighted by molar-refractivity contribution is -0.120. The molecule has 0 bridgehead atoms. The van der Waals surface area contributed by atoms with Gasteiger partial charge in [0.1, 0.15) is 6.04 Å². The van der Waals surface area contributed by atoms with Crippen molar-refractivity contribution in [3.05, 3.63) is 65.2 Å². The summed E-state index contributed by atoms with van der Waals surface area (Å²) in [5.74, 6) is -1.88. The highest BCUT2D eigenvalue weighted by Gasteiger charge is 2.42. The summed E-state index contributed by atoms with van der Waals surface area (Å²) in [4.78, 5) is 50.7. The molecule has 1 atom stereocenters. The summed E-state index contributed by atoms with van der Waals surface area (Å²) >= 11 is 0. The van der Waals surface area contributed by atoms with E-state index in [1.807, 2.05) is 13.8 Å². The number of nitrogens with zero attached hydrogens (tertiary/aromatic N) is 1. The Labute approximate surface area is 162 Å². The van der Waals surface area contributed by atoms with Gasteiger partial charge in [-0.25, -0.2) is 0 Å². The van der Waals surface area contributed by atoms with E-state index in [1.165, 1.54) is 12.1 Å². The Kier molecular flexibility index (Phi) is 5.26. The summed E-state index contributed by atoms with van der Waals surface area (Å²) in [6.07, 6.45) is 0.330. The molecular weight excluding hydrogens is 358 g/mol. The Morgan fingerprint density at radius 3 is 1.96 bits per heavy atom. The number of amides is 4. The summed E-state index contributed by atoms with van der Waals surface area (Å²) in [6.45, 7) is 3.83. The van der Waals surface area contributed by atoms with Crippen LogP contribution in [0, 0.1) is 5.92 Å². The number of nitrogens with one attached hydrogen (secondary N) is 1. The van der Waals surface area contributed by atoms with E-state index in [2.05, 4.69) is 5.32 Å². The standard InChI is InChI=1S/C21H21N3O4/c1-12(2)11-17(19(26)23-14-9-7-13(8-10-14)18(22)25)24-20(27)15-5-3-4-6-16(15)21(24)28/h3-10,12,17H,11H2,1-2H3,(H2,22,25)(H,23,26)/t17-/m0/s1. The molecule has 2 aromatic carbocycles. The number of hydrogen-bond acceptors (Lipinski definition) is 4. The van der Waals surface area contributed by atoms with Crippen molar-refractivity contribution in [1.82, 2.24) is 4.90 Å². The second-order valence-electron chi connectivity index (χ2n) is 7.10. The van der Waals surface area contributed by atoms with Crippen molar-refractivity contribution in [2.45, 2.75) is 26.3 Å². The number of imide groups is 1. The molecule has 0 fully saturated rings. The van der Waals surface area contributed by atoms with E-state index in [-0.39, 0.29) is 5.92 Å². The van der Waals surface area contributed by atoms with E-state index >= 15 is 0 Å². The van der Waals surface area contributed by atoms with Crippen molar-refractivity contribution in [3.63, 3.8) is 0 Å². The van der Waals surface area contributed by atoms with E-state index in [4.69, 9.17) is 5.73 Å². The molecule has 7 nitrogen and oxygen atoms in total. The van der Waals surface area contributed by atoms with E-state index in [9.17, 15) is 19.2 Å². The number of nitrogens with two attached hydrogens (primary N) is 1. The molecule has 1 aliphatic heterocycles. The molecule has 4 amide bonds. The summed E-state index contributed by atoms with van der Waals surface area (Å²) in [7, 11) is 0. The first kappa shape index (κ1) is 19.3. The molecular formula is C21H21N3O4. The molecule has 3 rings (SSSR count). The summed E-state index contributed by atoms with van der Waals surface area (Å²) in [6, 6.07) is 11.7. The van der Waals surface area contributed by atoms with Gasteiger partial charge in [0, 0.05) is 11.3 Å². The van der Waals surface area contributed by atoms with Gasteiger partial charge in [-0.3, -0.25) is 24.1 Å². The van der Waals surface area contributed by atoms with Crippen LogP contribution in [0.25, 0.3) is 0 Å². The number of primary amides is 1. The Hall–Kier alpha value is -3.48. The normalized spacial score (nSPS) is 14.2. The quantitative estimate of drug-likeness (QED) is 0.751. The van der Waals surface area contributed by atoms with Gasteiger partial charge in [0.25, 0.3) is 11.8 Å². The molecule has 1 heterocycles. The Bertz CT molecular complexity index is 915. The lowest BCUT2D eigenvalue weighted by Crippen LogP contribution is -2.47. The number of benzene rings is 2. The predicted octanol–water partition coefficient (Wildman–Crippen LogP) is 2.43. The third kappa shape index (κ3) is 3.64. The van der Waals surface area contributed by atoms with Crippen LogP contribution < -0.4 is 11.1 Å². The average Bonchev–Trinajstić information content (AvgIpc) is 2.91. The van der Waals surface area contributed by atoms with Crippen molar-refractivity contribution in [2.24, 2.45) is 11.7 Å². The lowest BCUT2D eigenvalue weighted by atomic mass is 10.0. The molecule has 0 spiro atoms. The largest absolute Gasteiger partial charge is 0.366 e. The maximum Gasteiger partial charge on any atom is 0.262 e. The molecule has 0 aliphatic carbocycles. The molecule has 28 heavy (non-hydrogen) atoms. The molecule has 0 aromatic heterocycles. The van der Waals surface area contributed by atoms with Gasteiger partial charge < -0.3 is 11.1 Å². The zero-order valence-corrected chi connectivity index (χ0v) is 15.6. The minimum atomic E-state index is -0.941. The maximum absolute atomic E-state index is 12.9. The number of rotatable bonds is 6. The zero-order chi connectivity index (χ0) is 20.4. The summed E-state index contributed by atoms with van der Waals surface area (Å²) < 4.78 is 0. The van der Waals surface area contributed by atoms with Crippen LogP contribution in [0.5, 0.6) is 0 Å². The van der Waals surface area contributed by atoms with Crippen LogP contribution in [-0.4, -0.2) is 34.6 Å². The third-order valence-corrected chi connectivity index (χ3v) is 4.57. The van der Waals surface area contributed by atoms with Crippen LogP contribution in [0.15, 0.2) is 48.5 Å². The fraction of sp³-hybridized carbons (Fsp3) is 0.238. The molecule has 2 aromatic rings. The molecule has 144 valence electrons. The van der Waals surface area contributed by atoms with Gasteiger partial charge in [0.15, 0.2) is 0 Å². The topological polar surface area (TPSA) is 110 Å². The molecule has 7 heteroatoms. The third-order valence-electron chi connectivity index (χ3n) is 4.57. The highest BCUT2D eigenvalue weighted by molar-refractivity contribution is 6.23. The first-order chi connectivity index (χ1) is 13.3. The Morgan fingerprint density at radius 1 is 0.964 bits per heavy atom. The van der Waals surface area contributed by atoms with Crippen LogP contribution in [0.2, 0.25) is 0 Å². The predicted molar refractivity (Wildman–Crippen MR) is 104 cm³/mol. The van der Waals surface area contributed by atoms with Crippen molar-refractivity contribution >= 4 is 29.3 Å². The van der Waals surface area contributed by atoms with Crippen LogP contribution >= 0.6 is 0 Å². The van der Waals surface area contributed by atoms with Crippen LogP contribution in [0.1, 0.15) is 51.3 Å². The number of anilines is 1. The highest BCUT2D eigenvalue weighted by Crippen LogP contribution is 2.27. The van der Waals surface area contributed by atoms with Crippen molar-refractivity contribution in [2.75, 3.05) is 5.32 Å². The summed E-state index contributed by atoms with van der Waals surface area (Å²) in [5.41, 5.74) is 6.59. The zero-order valence-electron chi connectivity index (χ0n) is 15.6. The maximum atomic E-state index is 12.9. The molecule has 0 saturated heterocycles. The van der Waals surface area contributed by atoms with Crippen LogP contribution in [0.3, 0.4) is 0 Å². The second kappa shape index (κ2) is 7.64. The van der Waals surface area contributed by atoms with Gasteiger partial charge in [-0.2, -0.15) is 0 Å². The summed E-state index contributed by atoms with van der Waals surface area (Å²) in [5, 5.41) is 2.72. The van der Waals surface area contributed by atoms with Crippen LogP contribution in [0.4, 0.5) is 5.69 Å². The average molecular weight is 379 g/mol. The van der Waals surface area contributed by atoms with Gasteiger partial charge in [0.05, 0.1) is 11.1 Å². The van der Waals surface area contributed by atoms with Gasteiger partial charge in [-0.05, 0) is 48.7 Å². The lowest BCUT2D eigenvalue weighted by Gasteiger charge is -2.26. The smallest absolute Gasteiger partial charge is 0.262 e.